The molecule has 5 nitrogen and oxygen atoms in total. The van der Waals surface area contributed by atoms with Crippen molar-refractivity contribution in [2.24, 2.45) is 11.8 Å². The number of benzene rings is 1. The molecule has 1 aromatic carbocycles. The summed E-state index contributed by atoms with van der Waals surface area (Å²) in [5.41, 5.74) is 1.14. The van der Waals surface area contributed by atoms with Gasteiger partial charge in [-0.15, -0.1) is 0 Å². The highest BCUT2D eigenvalue weighted by atomic mass is 32.2. The number of carbonyl (C=O) groups is 1. The molecule has 0 bridgehead atoms. The second-order valence-electron chi connectivity index (χ2n) is 9.10. The quantitative estimate of drug-likeness (QED) is 0.307. The van der Waals surface area contributed by atoms with Gasteiger partial charge in [0.25, 0.3) is 0 Å². The summed E-state index contributed by atoms with van der Waals surface area (Å²) in [6.07, 6.45) is 1.23. The monoisotopic (exact) mass is 440 g/mol. The molecule has 1 aromatic rings. The molecule has 29 heavy (non-hydrogen) atoms. The highest BCUT2D eigenvalue weighted by Crippen LogP contribution is 2.42. The molecule has 2 rings (SSSR count). The van der Waals surface area contributed by atoms with E-state index in [0.29, 0.717) is 19.4 Å². The van der Waals surface area contributed by atoms with Gasteiger partial charge in [-0.2, -0.15) is 0 Å². The van der Waals surface area contributed by atoms with Crippen LogP contribution in [0.3, 0.4) is 0 Å². The van der Waals surface area contributed by atoms with Gasteiger partial charge in [-0.3, -0.25) is 9.00 Å². The summed E-state index contributed by atoms with van der Waals surface area (Å²) < 4.78 is 29.9. The van der Waals surface area contributed by atoms with Crippen molar-refractivity contribution in [1.82, 2.24) is 0 Å². The predicted molar refractivity (Wildman–Crippen MR) is 119 cm³/mol. The Morgan fingerprint density at radius 2 is 1.86 bits per heavy atom. The van der Waals surface area contributed by atoms with Crippen molar-refractivity contribution in [3.05, 3.63) is 29.8 Å². The predicted octanol–water partition coefficient (Wildman–Crippen LogP) is 4.39. The smallest absolute Gasteiger partial charge is 0.309 e. The van der Waals surface area contributed by atoms with Crippen molar-refractivity contribution in [3.8, 4) is 0 Å². The molecule has 0 N–H and O–H groups in total. The molecule has 1 aliphatic rings. The number of methoxy groups -OCH3 is 1. The van der Waals surface area contributed by atoms with E-state index in [1.807, 2.05) is 38.1 Å². The van der Waals surface area contributed by atoms with Gasteiger partial charge in [-0.25, -0.2) is 0 Å². The summed E-state index contributed by atoms with van der Waals surface area (Å²) in [7, 11) is -1.13. The van der Waals surface area contributed by atoms with Crippen LogP contribution in [0.4, 0.5) is 0 Å². The minimum Gasteiger partial charge on any atom is -0.466 e. The molecule has 7 heteroatoms. The molecule has 5 atom stereocenters. The summed E-state index contributed by atoms with van der Waals surface area (Å²) in [5, 5.41) is -0.0880. The van der Waals surface area contributed by atoms with Crippen LogP contribution in [0.15, 0.2) is 29.2 Å². The van der Waals surface area contributed by atoms with Gasteiger partial charge < -0.3 is 14.2 Å². The lowest BCUT2D eigenvalue weighted by Crippen LogP contribution is -2.38. The van der Waals surface area contributed by atoms with Crippen LogP contribution in [0.5, 0.6) is 0 Å². The molecular formula is C22H36O5SSi. The first-order valence-electron chi connectivity index (χ1n) is 10.4. The van der Waals surface area contributed by atoms with Crippen molar-refractivity contribution < 1.29 is 23.2 Å². The average Bonchev–Trinajstić information content (AvgIpc) is 3.08. The maximum atomic E-state index is 13.7. The third-order valence-electron chi connectivity index (χ3n) is 5.40. The summed E-state index contributed by atoms with van der Waals surface area (Å²) >= 11 is 0. The molecule has 0 saturated heterocycles. The Hall–Kier alpha value is -1.02. The second kappa shape index (κ2) is 10.8. The molecule has 0 amide bonds. The Morgan fingerprint density at radius 1 is 1.21 bits per heavy atom. The minimum atomic E-state index is -1.54. The van der Waals surface area contributed by atoms with Crippen molar-refractivity contribution >= 4 is 24.8 Å². The number of carbonyl (C=O) groups excluding carboxylic acids is 1. The lowest BCUT2D eigenvalue weighted by Gasteiger charge is -2.31. The Kier molecular flexibility index (Phi) is 9.07. The number of aryl methyl sites for hydroxylation is 1. The number of rotatable bonds is 10. The normalized spacial score (nSPS) is 24.3. The summed E-state index contributed by atoms with van der Waals surface area (Å²) in [6, 6.07) is 8.80. The number of ether oxygens (including phenoxy) is 3. The van der Waals surface area contributed by atoms with Gasteiger partial charge in [-0.05, 0) is 50.8 Å². The molecule has 1 fully saturated rings. The number of esters is 1. The van der Waals surface area contributed by atoms with Gasteiger partial charge in [0.1, 0.15) is 6.79 Å². The van der Waals surface area contributed by atoms with Crippen LogP contribution in [-0.4, -0.2) is 50.1 Å². The minimum absolute atomic E-state index is 0.0234. The van der Waals surface area contributed by atoms with Gasteiger partial charge in [0.2, 0.25) is 0 Å². The van der Waals surface area contributed by atoms with Gasteiger partial charge >= 0.3 is 5.97 Å². The standard InChI is InChI=1S/C22H36O5SSi/c1-7-26-22(23)20-13-17(27-15-25-3)12-19(20)21(14-29(4,5)6)28(24)18-10-8-16(2)9-11-18/h8-11,17,19-21H,7,12-15H2,1-6H3/t17-,19+,20+,21-,28-/m0/s1. The van der Waals surface area contributed by atoms with E-state index in [-0.39, 0.29) is 36.0 Å². The Morgan fingerprint density at radius 3 is 2.41 bits per heavy atom. The third-order valence-corrected chi connectivity index (χ3v) is 9.16. The molecule has 0 aromatic heterocycles. The van der Waals surface area contributed by atoms with E-state index in [0.717, 1.165) is 16.5 Å². The topological polar surface area (TPSA) is 61.8 Å². The molecule has 1 aliphatic carbocycles. The van der Waals surface area contributed by atoms with Gasteiger partial charge in [-0.1, -0.05) is 37.3 Å². The van der Waals surface area contributed by atoms with Crippen LogP contribution in [0.2, 0.25) is 25.7 Å². The molecule has 0 spiro atoms. The summed E-state index contributed by atoms with van der Waals surface area (Å²) in [4.78, 5) is 13.6. The SMILES string of the molecule is CCOC(=O)[C@@H]1C[C@@H](OCOC)C[C@H]1[C@H](C[Si](C)(C)C)[S@@](=O)c1ccc(C)cc1. The Labute approximate surface area is 179 Å². The molecule has 0 aliphatic heterocycles. The maximum absolute atomic E-state index is 13.7. The summed E-state index contributed by atoms with van der Waals surface area (Å²) in [6.45, 7) is 11.3. The zero-order valence-electron chi connectivity index (χ0n) is 18.6. The van der Waals surface area contributed by atoms with Crippen molar-refractivity contribution in [1.29, 1.82) is 0 Å². The lowest BCUT2D eigenvalue weighted by molar-refractivity contribution is -0.149. The van der Waals surface area contributed by atoms with E-state index in [4.69, 9.17) is 14.2 Å². The van der Waals surface area contributed by atoms with E-state index in [1.165, 1.54) is 0 Å². The fraction of sp³-hybridized carbons (Fsp3) is 0.682. The van der Waals surface area contributed by atoms with Crippen LogP contribution in [0, 0.1) is 18.8 Å². The molecular weight excluding hydrogens is 404 g/mol. The third kappa shape index (κ3) is 7.02. The first-order chi connectivity index (χ1) is 13.7. The second-order valence-corrected chi connectivity index (χ2v) is 16.3. The molecule has 0 unspecified atom stereocenters. The van der Waals surface area contributed by atoms with Gasteiger partial charge in [0.05, 0.1) is 29.4 Å². The maximum Gasteiger partial charge on any atom is 0.309 e. The number of hydrogen-bond donors (Lipinski definition) is 0. The van der Waals surface area contributed by atoms with Crippen LogP contribution in [0.25, 0.3) is 0 Å². The highest BCUT2D eigenvalue weighted by molar-refractivity contribution is 7.85. The van der Waals surface area contributed by atoms with E-state index in [2.05, 4.69) is 19.6 Å². The van der Waals surface area contributed by atoms with Gasteiger partial charge in [0, 0.05) is 25.3 Å². The molecule has 0 radical (unpaired) electrons. The van der Waals surface area contributed by atoms with E-state index in [1.54, 1.807) is 7.11 Å². The van der Waals surface area contributed by atoms with Crippen LogP contribution in [0.1, 0.15) is 25.3 Å². The van der Waals surface area contributed by atoms with Crippen molar-refractivity contribution in [3.63, 3.8) is 0 Å². The zero-order chi connectivity index (χ0) is 21.6. The zero-order valence-corrected chi connectivity index (χ0v) is 20.4. The van der Waals surface area contributed by atoms with Crippen LogP contribution in [-0.2, 0) is 29.8 Å². The highest BCUT2D eigenvalue weighted by Gasteiger charge is 2.47. The largest absolute Gasteiger partial charge is 0.466 e. The van der Waals surface area contributed by atoms with E-state index in [9.17, 15) is 9.00 Å². The Balaban J connectivity index is 2.35. The first kappa shape index (κ1) is 24.2. The van der Waals surface area contributed by atoms with Crippen molar-refractivity contribution in [2.75, 3.05) is 20.5 Å². The van der Waals surface area contributed by atoms with Crippen LogP contribution < -0.4 is 0 Å². The van der Waals surface area contributed by atoms with Crippen molar-refractivity contribution in [2.45, 2.75) is 68.6 Å². The molecule has 164 valence electrons. The number of hydrogen-bond acceptors (Lipinski definition) is 5. The lowest BCUT2D eigenvalue weighted by atomic mass is 9.93. The van der Waals surface area contributed by atoms with E-state index < -0.39 is 18.9 Å². The summed E-state index contributed by atoms with van der Waals surface area (Å²) in [5.74, 6) is -0.500. The van der Waals surface area contributed by atoms with Gasteiger partial charge in [0.15, 0.2) is 0 Å². The van der Waals surface area contributed by atoms with E-state index >= 15 is 0 Å². The molecule has 1 saturated carbocycles. The first-order valence-corrected chi connectivity index (χ1v) is 15.3. The fourth-order valence-electron chi connectivity index (χ4n) is 4.09. The fourth-order valence-corrected chi connectivity index (χ4v) is 9.08. The average molecular weight is 441 g/mol. The Bertz CT molecular complexity index is 685. The van der Waals surface area contributed by atoms with Crippen LogP contribution >= 0.6 is 0 Å². The molecule has 0 heterocycles.